The summed E-state index contributed by atoms with van der Waals surface area (Å²) in [5.74, 6) is 0. The van der Waals surface area contributed by atoms with Crippen molar-refractivity contribution in [2.24, 2.45) is 0 Å². The van der Waals surface area contributed by atoms with E-state index in [4.69, 9.17) is 16.0 Å². The lowest BCUT2D eigenvalue weighted by Gasteiger charge is -2.25. The van der Waals surface area contributed by atoms with Gasteiger partial charge in [0.25, 0.3) is 0 Å². The second-order valence-electron chi connectivity index (χ2n) is 5.08. The third-order valence-electron chi connectivity index (χ3n) is 3.61. The summed E-state index contributed by atoms with van der Waals surface area (Å²) in [5.41, 5.74) is 1.08. The Morgan fingerprint density at radius 1 is 1.16 bits per heavy atom. The van der Waals surface area contributed by atoms with Crippen molar-refractivity contribution in [1.82, 2.24) is 4.90 Å². The van der Waals surface area contributed by atoms with Crippen molar-refractivity contribution < 1.29 is 4.42 Å². The van der Waals surface area contributed by atoms with Gasteiger partial charge in [0, 0.05) is 17.0 Å². The molecule has 0 unspecified atom stereocenters. The van der Waals surface area contributed by atoms with Crippen molar-refractivity contribution in [2.45, 2.75) is 25.8 Å². The van der Waals surface area contributed by atoms with Gasteiger partial charge in [-0.1, -0.05) is 18.0 Å². The molecule has 0 saturated carbocycles. The zero-order chi connectivity index (χ0) is 13.2. The molecular weight excluding hydrogens is 262 g/mol. The first-order valence-corrected chi connectivity index (χ1v) is 7.05. The molecule has 0 aliphatic carbocycles. The van der Waals surface area contributed by atoms with E-state index in [2.05, 4.69) is 4.90 Å². The van der Waals surface area contributed by atoms with E-state index in [0.29, 0.717) is 17.2 Å². The first kappa shape index (κ1) is 12.7. The molecule has 1 aromatic carbocycles. The minimum absolute atomic E-state index is 0.236. The molecule has 1 aliphatic heterocycles. The zero-order valence-corrected chi connectivity index (χ0v) is 11.4. The van der Waals surface area contributed by atoms with Gasteiger partial charge in [0.05, 0.1) is 5.56 Å². The Kier molecular flexibility index (Phi) is 3.58. The molecule has 2 aromatic rings. The second-order valence-corrected chi connectivity index (χ2v) is 5.51. The van der Waals surface area contributed by atoms with Crippen LogP contribution in [-0.2, 0) is 6.54 Å². The Hall–Kier alpha value is -1.32. The molecule has 2 heterocycles. The second kappa shape index (κ2) is 5.35. The highest BCUT2D eigenvalue weighted by Crippen LogP contribution is 2.20. The molecule has 1 saturated heterocycles. The average Bonchev–Trinajstić information content (AvgIpc) is 2.41. The first-order valence-electron chi connectivity index (χ1n) is 6.67. The van der Waals surface area contributed by atoms with Crippen molar-refractivity contribution in [3.63, 3.8) is 0 Å². The largest absolute Gasteiger partial charge is 0.422 e. The fraction of sp³-hybridized carbons (Fsp3) is 0.400. The predicted octanol–water partition coefficient (Wildman–Crippen LogP) is 3.43. The molecular formula is C15H16ClNO2. The Bertz CT molecular complexity index is 644. The van der Waals surface area contributed by atoms with Gasteiger partial charge in [-0.15, -0.1) is 0 Å². The van der Waals surface area contributed by atoms with Crippen LogP contribution in [0.1, 0.15) is 24.8 Å². The zero-order valence-electron chi connectivity index (χ0n) is 10.7. The molecule has 1 aromatic heterocycles. The van der Waals surface area contributed by atoms with E-state index < -0.39 is 0 Å². The standard InChI is InChI=1S/C15H16ClNO2/c16-13-4-5-14-11(9-13)8-12(15(18)19-14)10-17-6-2-1-3-7-17/h4-5,8-9H,1-3,6-7,10H2. The van der Waals surface area contributed by atoms with E-state index in [-0.39, 0.29) is 5.63 Å². The molecule has 3 nitrogen and oxygen atoms in total. The Morgan fingerprint density at radius 3 is 2.74 bits per heavy atom. The summed E-state index contributed by atoms with van der Waals surface area (Å²) in [6.07, 6.45) is 3.72. The highest BCUT2D eigenvalue weighted by Gasteiger charge is 2.13. The lowest BCUT2D eigenvalue weighted by molar-refractivity contribution is 0.218. The lowest BCUT2D eigenvalue weighted by atomic mass is 10.1. The molecule has 1 aliphatic rings. The molecule has 0 atom stereocenters. The number of fused-ring (bicyclic) bond motifs is 1. The number of likely N-dealkylation sites (tertiary alicyclic amines) is 1. The van der Waals surface area contributed by atoms with E-state index in [1.54, 1.807) is 12.1 Å². The Balaban J connectivity index is 1.93. The van der Waals surface area contributed by atoms with Crippen molar-refractivity contribution in [1.29, 1.82) is 0 Å². The number of piperidine rings is 1. The van der Waals surface area contributed by atoms with Crippen LogP contribution in [0.3, 0.4) is 0 Å². The van der Waals surface area contributed by atoms with Crippen molar-refractivity contribution in [3.8, 4) is 0 Å². The molecule has 4 heteroatoms. The van der Waals surface area contributed by atoms with Gasteiger partial charge in [-0.25, -0.2) is 4.79 Å². The van der Waals surface area contributed by atoms with Crippen LogP contribution in [0.15, 0.2) is 33.5 Å². The van der Waals surface area contributed by atoms with Gasteiger partial charge < -0.3 is 4.42 Å². The summed E-state index contributed by atoms with van der Waals surface area (Å²) >= 11 is 5.97. The average molecular weight is 278 g/mol. The van der Waals surface area contributed by atoms with Gasteiger partial charge in [-0.05, 0) is 50.2 Å². The molecule has 1 fully saturated rings. The Morgan fingerprint density at radius 2 is 1.95 bits per heavy atom. The van der Waals surface area contributed by atoms with Crippen molar-refractivity contribution in [2.75, 3.05) is 13.1 Å². The lowest BCUT2D eigenvalue weighted by Crippen LogP contribution is -2.31. The normalized spacial score (nSPS) is 16.9. The van der Waals surface area contributed by atoms with Crippen LogP contribution < -0.4 is 5.63 Å². The number of hydrogen-bond acceptors (Lipinski definition) is 3. The number of halogens is 1. The number of benzene rings is 1. The molecule has 100 valence electrons. The van der Waals surface area contributed by atoms with E-state index in [9.17, 15) is 4.79 Å². The van der Waals surface area contributed by atoms with Gasteiger partial charge in [0.15, 0.2) is 0 Å². The summed E-state index contributed by atoms with van der Waals surface area (Å²) in [7, 11) is 0. The van der Waals surface area contributed by atoms with Gasteiger partial charge >= 0.3 is 5.63 Å². The fourth-order valence-corrected chi connectivity index (χ4v) is 2.79. The van der Waals surface area contributed by atoms with Crippen LogP contribution in [0, 0.1) is 0 Å². The molecule has 19 heavy (non-hydrogen) atoms. The molecule has 3 rings (SSSR count). The maximum atomic E-state index is 12.0. The molecule has 0 spiro atoms. The van der Waals surface area contributed by atoms with E-state index >= 15 is 0 Å². The fourth-order valence-electron chi connectivity index (χ4n) is 2.61. The van der Waals surface area contributed by atoms with Crippen LogP contribution in [0.25, 0.3) is 11.0 Å². The minimum Gasteiger partial charge on any atom is -0.422 e. The Labute approximate surface area is 116 Å². The smallest absolute Gasteiger partial charge is 0.340 e. The maximum Gasteiger partial charge on any atom is 0.340 e. The SMILES string of the molecule is O=c1oc2ccc(Cl)cc2cc1CN1CCCCC1. The molecule has 0 amide bonds. The van der Waals surface area contributed by atoms with Gasteiger partial charge in [0.1, 0.15) is 5.58 Å². The topological polar surface area (TPSA) is 33.5 Å². The third kappa shape index (κ3) is 2.82. The quantitative estimate of drug-likeness (QED) is 0.789. The van der Waals surface area contributed by atoms with Crippen LogP contribution in [-0.4, -0.2) is 18.0 Å². The van der Waals surface area contributed by atoms with Crippen molar-refractivity contribution >= 4 is 22.6 Å². The van der Waals surface area contributed by atoms with Crippen LogP contribution in [0.5, 0.6) is 0 Å². The summed E-state index contributed by atoms with van der Waals surface area (Å²) in [5, 5.41) is 1.55. The minimum atomic E-state index is -0.236. The maximum absolute atomic E-state index is 12.0. The van der Waals surface area contributed by atoms with Gasteiger partial charge in [-0.3, -0.25) is 4.90 Å². The highest BCUT2D eigenvalue weighted by molar-refractivity contribution is 6.31. The van der Waals surface area contributed by atoms with E-state index in [1.807, 2.05) is 12.1 Å². The van der Waals surface area contributed by atoms with Crippen LogP contribution >= 0.6 is 11.6 Å². The van der Waals surface area contributed by atoms with Gasteiger partial charge in [0.2, 0.25) is 0 Å². The van der Waals surface area contributed by atoms with Crippen LogP contribution in [0.2, 0.25) is 5.02 Å². The predicted molar refractivity (Wildman–Crippen MR) is 76.6 cm³/mol. The summed E-state index contributed by atoms with van der Waals surface area (Å²) in [4.78, 5) is 14.3. The summed E-state index contributed by atoms with van der Waals surface area (Å²) in [6.45, 7) is 2.80. The van der Waals surface area contributed by atoms with Crippen molar-refractivity contribution in [3.05, 3.63) is 45.3 Å². The highest BCUT2D eigenvalue weighted by atomic mass is 35.5. The van der Waals surface area contributed by atoms with Gasteiger partial charge in [-0.2, -0.15) is 0 Å². The molecule has 0 N–H and O–H groups in total. The molecule has 0 radical (unpaired) electrons. The number of rotatable bonds is 2. The third-order valence-corrected chi connectivity index (χ3v) is 3.84. The summed E-state index contributed by atoms with van der Waals surface area (Å²) < 4.78 is 5.35. The summed E-state index contributed by atoms with van der Waals surface area (Å²) in [6, 6.07) is 7.21. The first-order chi connectivity index (χ1) is 9.22. The van der Waals surface area contributed by atoms with Crippen LogP contribution in [0.4, 0.5) is 0 Å². The molecule has 0 bridgehead atoms. The monoisotopic (exact) mass is 277 g/mol. The number of hydrogen-bond donors (Lipinski definition) is 0. The van der Waals surface area contributed by atoms with E-state index in [1.165, 1.54) is 19.3 Å². The van der Waals surface area contributed by atoms with E-state index in [0.717, 1.165) is 24.0 Å². The number of nitrogens with zero attached hydrogens (tertiary/aromatic N) is 1.